The maximum absolute atomic E-state index is 13.9. The number of nitrogens with one attached hydrogen (secondary N) is 1. The zero-order valence-electron chi connectivity index (χ0n) is 22.6. The molecule has 0 aliphatic carbocycles. The first-order chi connectivity index (χ1) is 18.2. The Balaban J connectivity index is 2.02. The molecule has 0 bridgehead atoms. The zero-order chi connectivity index (χ0) is 29.0. The van der Waals surface area contributed by atoms with Crippen LogP contribution in [0, 0.1) is 6.92 Å². The molecule has 0 heterocycles. The summed E-state index contributed by atoms with van der Waals surface area (Å²) in [5.74, 6) is -0.896. The summed E-state index contributed by atoms with van der Waals surface area (Å²) < 4.78 is 28.6. The predicted octanol–water partition coefficient (Wildman–Crippen LogP) is 5.83. The maximum Gasteiger partial charge on any atom is 0.264 e. The Morgan fingerprint density at radius 2 is 1.38 bits per heavy atom. The molecule has 2 amide bonds. The van der Waals surface area contributed by atoms with Crippen molar-refractivity contribution >= 4 is 50.7 Å². The zero-order valence-corrected chi connectivity index (χ0v) is 24.9. The minimum atomic E-state index is -4.16. The maximum atomic E-state index is 13.9. The average Bonchev–Trinajstić information content (AvgIpc) is 2.86. The van der Waals surface area contributed by atoms with E-state index in [0.29, 0.717) is 15.7 Å². The van der Waals surface area contributed by atoms with Crippen LogP contribution in [0.2, 0.25) is 10.0 Å². The van der Waals surface area contributed by atoms with E-state index in [2.05, 4.69) is 5.32 Å². The Kier molecular flexibility index (Phi) is 9.69. The van der Waals surface area contributed by atoms with Crippen molar-refractivity contribution in [1.82, 2.24) is 10.2 Å². The third-order valence-corrected chi connectivity index (χ3v) is 8.23. The first-order valence-electron chi connectivity index (χ1n) is 12.4. The van der Waals surface area contributed by atoms with E-state index in [1.54, 1.807) is 55.5 Å². The molecule has 3 aromatic rings. The number of hydrogen-bond donors (Lipinski definition) is 1. The van der Waals surface area contributed by atoms with Crippen molar-refractivity contribution in [3.8, 4) is 0 Å². The summed E-state index contributed by atoms with van der Waals surface area (Å²) in [6.07, 6.45) is 0. The summed E-state index contributed by atoms with van der Waals surface area (Å²) in [5, 5.41) is 3.83. The lowest BCUT2D eigenvalue weighted by Gasteiger charge is -2.33. The molecular weight excluding hydrogens is 557 g/mol. The van der Waals surface area contributed by atoms with Gasteiger partial charge >= 0.3 is 0 Å². The molecule has 0 fully saturated rings. The Bertz CT molecular complexity index is 1400. The van der Waals surface area contributed by atoms with Crippen LogP contribution in [-0.4, -0.2) is 43.3 Å². The number of halogens is 2. The van der Waals surface area contributed by atoms with Gasteiger partial charge in [0, 0.05) is 22.1 Å². The van der Waals surface area contributed by atoms with E-state index < -0.39 is 34.1 Å². The summed E-state index contributed by atoms with van der Waals surface area (Å²) in [4.78, 5) is 28.4. The van der Waals surface area contributed by atoms with E-state index in [1.165, 1.54) is 29.2 Å². The Hall–Kier alpha value is -3.07. The SMILES string of the molecule is Cc1ccc(N(CC(=O)N(Cc2ccc(Cl)cc2)[C@H](C)C(=O)NC(C)(C)C)S(=O)(=O)c2ccc(Cl)cc2)cc1. The third-order valence-electron chi connectivity index (χ3n) is 5.93. The van der Waals surface area contributed by atoms with Gasteiger partial charge in [-0.1, -0.05) is 53.0 Å². The number of benzene rings is 3. The average molecular weight is 591 g/mol. The van der Waals surface area contributed by atoms with Crippen LogP contribution in [0.25, 0.3) is 0 Å². The molecule has 39 heavy (non-hydrogen) atoms. The number of anilines is 1. The quantitative estimate of drug-likeness (QED) is 0.340. The highest BCUT2D eigenvalue weighted by atomic mass is 35.5. The normalized spacial score (nSPS) is 12.5. The lowest BCUT2D eigenvalue weighted by Crippen LogP contribution is -2.54. The molecule has 1 N–H and O–H groups in total. The number of amides is 2. The largest absolute Gasteiger partial charge is 0.350 e. The van der Waals surface area contributed by atoms with Crippen molar-refractivity contribution in [3.05, 3.63) is 94.0 Å². The van der Waals surface area contributed by atoms with Crippen LogP contribution < -0.4 is 9.62 Å². The summed E-state index contributed by atoms with van der Waals surface area (Å²) in [7, 11) is -4.16. The fourth-order valence-corrected chi connectivity index (χ4v) is 5.48. The van der Waals surface area contributed by atoms with E-state index in [-0.39, 0.29) is 17.3 Å². The predicted molar refractivity (Wildman–Crippen MR) is 157 cm³/mol. The van der Waals surface area contributed by atoms with Gasteiger partial charge in [0.1, 0.15) is 12.6 Å². The molecule has 3 aromatic carbocycles. The summed E-state index contributed by atoms with van der Waals surface area (Å²) in [6, 6.07) is 18.6. The molecule has 0 aliphatic heterocycles. The lowest BCUT2D eigenvalue weighted by atomic mass is 10.1. The van der Waals surface area contributed by atoms with Crippen molar-refractivity contribution in [3.63, 3.8) is 0 Å². The molecule has 208 valence electrons. The van der Waals surface area contributed by atoms with Gasteiger partial charge in [0.15, 0.2) is 0 Å². The Labute approximate surface area is 240 Å². The molecule has 0 spiro atoms. The van der Waals surface area contributed by atoms with Gasteiger partial charge < -0.3 is 10.2 Å². The highest BCUT2D eigenvalue weighted by Crippen LogP contribution is 2.26. The molecule has 3 rings (SSSR count). The summed E-state index contributed by atoms with van der Waals surface area (Å²) in [6.45, 7) is 8.61. The number of nitrogens with zero attached hydrogens (tertiary/aromatic N) is 2. The lowest BCUT2D eigenvalue weighted by molar-refractivity contribution is -0.140. The number of rotatable bonds is 9. The highest BCUT2D eigenvalue weighted by Gasteiger charge is 2.33. The summed E-state index contributed by atoms with van der Waals surface area (Å²) in [5.41, 5.74) is 1.48. The number of hydrogen-bond acceptors (Lipinski definition) is 4. The standard InChI is InChI=1S/C29H33Cl2N3O4S/c1-20-6-14-25(15-7-20)34(39(37,38)26-16-12-24(31)13-17-26)19-27(35)33(18-22-8-10-23(30)11-9-22)21(2)28(36)32-29(3,4)5/h6-17,21H,18-19H2,1-5H3,(H,32,36)/t21-/m1/s1. The van der Waals surface area contributed by atoms with Crippen molar-refractivity contribution in [2.75, 3.05) is 10.8 Å². The van der Waals surface area contributed by atoms with Crippen molar-refractivity contribution in [2.45, 2.75) is 57.6 Å². The van der Waals surface area contributed by atoms with Gasteiger partial charge in [-0.2, -0.15) is 0 Å². The van der Waals surface area contributed by atoms with Crippen molar-refractivity contribution < 1.29 is 18.0 Å². The molecular formula is C29H33Cl2N3O4S. The van der Waals surface area contributed by atoms with Crippen LogP contribution in [0.3, 0.4) is 0 Å². The van der Waals surface area contributed by atoms with E-state index in [9.17, 15) is 18.0 Å². The van der Waals surface area contributed by atoms with Crippen molar-refractivity contribution in [1.29, 1.82) is 0 Å². The van der Waals surface area contributed by atoms with E-state index in [4.69, 9.17) is 23.2 Å². The van der Waals surface area contributed by atoms with Gasteiger partial charge in [0.05, 0.1) is 10.6 Å². The monoisotopic (exact) mass is 589 g/mol. The molecule has 0 aliphatic rings. The van der Waals surface area contributed by atoms with Crippen LogP contribution in [0.1, 0.15) is 38.8 Å². The van der Waals surface area contributed by atoms with Gasteiger partial charge in [-0.25, -0.2) is 8.42 Å². The van der Waals surface area contributed by atoms with E-state index in [0.717, 1.165) is 15.4 Å². The first kappa shape index (κ1) is 30.5. The van der Waals surface area contributed by atoms with Crippen LogP contribution in [0.15, 0.2) is 77.7 Å². The molecule has 0 saturated carbocycles. The smallest absolute Gasteiger partial charge is 0.264 e. The number of carbonyl (C=O) groups excluding carboxylic acids is 2. The van der Waals surface area contributed by atoms with Crippen LogP contribution >= 0.6 is 23.2 Å². The van der Waals surface area contributed by atoms with Gasteiger partial charge in [0.25, 0.3) is 10.0 Å². The molecule has 10 heteroatoms. The summed E-state index contributed by atoms with van der Waals surface area (Å²) >= 11 is 12.0. The molecule has 0 unspecified atom stereocenters. The molecule has 7 nitrogen and oxygen atoms in total. The van der Waals surface area contributed by atoms with Gasteiger partial charge in [-0.3, -0.25) is 13.9 Å². The Morgan fingerprint density at radius 1 is 0.872 bits per heavy atom. The Morgan fingerprint density at radius 3 is 1.90 bits per heavy atom. The van der Waals surface area contributed by atoms with Gasteiger partial charge in [-0.05, 0) is 88.7 Å². The number of aryl methyl sites for hydroxylation is 1. The number of carbonyl (C=O) groups is 2. The third kappa shape index (κ3) is 8.21. The number of sulfonamides is 1. The van der Waals surface area contributed by atoms with Crippen LogP contribution in [0.4, 0.5) is 5.69 Å². The van der Waals surface area contributed by atoms with Gasteiger partial charge in [0.2, 0.25) is 11.8 Å². The van der Waals surface area contributed by atoms with Crippen LogP contribution in [-0.2, 0) is 26.2 Å². The first-order valence-corrected chi connectivity index (χ1v) is 14.6. The second kappa shape index (κ2) is 12.4. The molecule has 1 atom stereocenters. The minimum absolute atomic E-state index is 0.0111. The molecule has 0 radical (unpaired) electrons. The second-order valence-corrected chi connectivity index (χ2v) is 13.1. The van der Waals surface area contributed by atoms with E-state index in [1.807, 2.05) is 27.7 Å². The van der Waals surface area contributed by atoms with Crippen LogP contribution in [0.5, 0.6) is 0 Å². The molecule has 0 saturated heterocycles. The minimum Gasteiger partial charge on any atom is -0.350 e. The molecule has 0 aromatic heterocycles. The van der Waals surface area contributed by atoms with E-state index >= 15 is 0 Å². The van der Waals surface area contributed by atoms with Gasteiger partial charge in [-0.15, -0.1) is 0 Å². The fraction of sp³-hybridized carbons (Fsp3) is 0.310. The fourth-order valence-electron chi connectivity index (χ4n) is 3.82. The van der Waals surface area contributed by atoms with Crippen molar-refractivity contribution in [2.24, 2.45) is 0 Å². The highest BCUT2D eigenvalue weighted by molar-refractivity contribution is 7.92. The topological polar surface area (TPSA) is 86.8 Å². The second-order valence-electron chi connectivity index (χ2n) is 10.4.